The minimum absolute atomic E-state index is 0.0697. The molecule has 0 unspecified atom stereocenters. The van der Waals surface area contributed by atoms with Gasteiger partial charge in [-0.15, -0.1) is 11.3 Å². The Balaban J connectivity index is 1.20. The maximum atomic E-state index is 12.6. The fraction of sp³-hybridized carbons (Fsp3) is 0.407. The van der Waals surface area contributed by atoms with Gasteiger partial charge in [0.1, 0.15) is 6.54 Å². The van der Waals surface area contributed by atoms with Crippen LogP contribution in [0.25, 0.3) is 0 Å². The van der Waals surface area contributed by atoms with E-state index in [0.717, 1.165) is 32.5 Å². The molecule has 1 aliphatic rings. The number of nitrogens with zero attached hydrogens (tertiary/aromatic N) is 3. The zero-order chi connectivity index (χ0) is 26.2. The first-order valence-corrected chi connectivity index (χ1v) is 13.4. The highest BCUT2D eigenvalue weighted by atomic mass is 32.1. The van der Waals surface area contributed by atoms with E-state index in [1.54, 1.807) is 17.5 Å². The van der Waals surface area contributed by atoms with Gasteiger partial charge in [-0.3, -0.25) is 19.3 Å². The molecule has 1 aromatic carbocycles. The zero-order valence-electron chi connectivity index (χ0n) is 21.2. The predicted molar refractivity (Wildman–Crippen MR) is 142 cm³/mol. The smallest absolute Gasteiger partial charge is 0.290 e. The molecule has 10 heteroatoms. The molecular formula is C27H33N5O4S. The average Bonchev–Trinajstić information content (AvgIpc) is 3.56. The van der Waals surface area contributed by atoms with Gasteiger partial charge in [0.15, 0.2) is 10.9 Å². The molecule has 1 fully saturated rings. The molecule has 37 heavy (non-hydrogen) atoms. The summed E-state index contributed by atoms with van der Waals surface area (Å²) in [6, 6.07) is 13.6. The summed E-state index contributed by atoms with van der Waals surface area (Å²) in [5.41, 5.74) is 1.91. The predicted octanol–water partition coefficient (Wildman–Crippen LogP) is 3.55. The van der Waals surface area contributed by atoms with Crippen molar-refractivity contribution in [3.05, 3.63) is 71.1 Å². The largest absolute Gasteiger partial charge is 0.459 e. The number of hydrogen-bond acceptors (Lipinski definition) is 7. The van der Waals surface area contributed by atoms with Gasteiger partial charge in [-0.25, -0.2) is 4.98 Å². The van der Waals surface area contributed by atoms with Gasteiger partial charge in [0, 0.05) is 37.1 Å². The summed E-state index contributed by atoms with van der Waals surface area (Å²) in [5, 5.41) is 8.03. The Bertz CT molecular complexity index is 1170. The summed E-state index contributed by atoms with van der Waals surface area (Å²) in [7, 11) is 0. The number of piperidine rings is 1. The Labute approximate surface area is 220 Å². The lowest BCUT2D eigenvalue weighted by Gasteiger charge is -2.32. The molecule has 9 nitrogen and oxygen atoms in total. The highest BCUT2D eigenvalue weighted by molar-refractivity contribution is 7.13. The minimum atomic E-state index is -0.360. The summed E-state index contributed by atoms with van der Waals surface area (Å²) in [5.74, 6) is -0.593. The molecule has 2 N–H and O–H groups in total. The van der Waals surface area contributed by atoms with Crippen LogP contribution in [0.3, 0.4) is 0 Å². The van der Waals surface area contributed by atoms with Crippen LogP contribution in [0, 0.1) is 0 Å². The number of carbonyl (C=O) groups excluding carboxylic acids is 3. The van der Waals surface area contributed by atoms with E-state index in [-0.39, 0.29) is 48.5 Å². The van der Waals surface area contributed by atoms with E-state index in [0.29, 0.717) is 10.8 Å². The molecule has 0 radical (unpaired) electrons. The molecule has 0 atom stereocenters. The number of thiazole rings is 1. The third-order valence-corrected chi connectivity index (χ3v) is 7.08. The number of likely N-dealkylation sites (tertiary alicyclic amines) is 1. The minimum Gasteiger partial charge on any atom is -0.459 e. The standard InChI is InChI=1S/C27H33N5O4S/c1-19(2)32(26(35)23-9-6-14-36-23)17-25(34)30-27-29-22(18-37-27)15-24(33)28-21-10-12-31(13-11-21)16-20-7-4-3-5-8-20/h3-9,14,18-19,21H,10-13,15-17H2,1-2H3,(H,28,33)(H,29,30,34). The lowest BCUT2D eigenvalue weighted by atomic mass is 10.0. The maximum Gasteiger partial charge on any atom is 0.290 e. The lowest BCUT2D eigenvalue weighted by Crippen LogP contribution is -2.44. The average molecular weight is 524 g/mol. The molecule has 3 amide bonds. The highest BCUT2D eigenvalue weighted by Gasteiger charge is 2.24. The van der Waals surface area contributed by atoms with E-state index >= 15 is 0 Å². The number of nitrogens with one attached hydrogen (secondary N) is 2. The number of benzene rings is 1. The number of rotatable bonds is 10. The number of carbonyl (C=O) groups is 3. The normalized spacial score (nSPS) is 14.5. The van der Waals surface area contributed by atoms with Crippen LogP contribution in [0.1, 0.15) is 48.5 Å². The van der Waals surface area contributed by atoms with Crippen molar-refractivity contribution in [2.75, 3.05) is 25.0 Å². The molecule has 0 bridgehead atoms. The Morgan fingerprint density at radius 2 is 1.86 bits per heavy atom. The van der Waals surface area contributed by atoms with Crippen LogP contribution >= 0.6 is 11.3 Å². The molecule has 3 heterocycles. The van der Waals surface area contributed by atoms with Gasteiger partial charge < -0.3 is 20.0 Å². The van der Waals surface area contributed by atoms with Crippen molar-refractivity contribution < 1.29 is 18.8 Å². The van der Waals surface area contributed by atoms with Crippen LogP contribution in [0.2, 0.25) is 0 Å². The third-order valence-electron chi connectivity index (χ3n) is 6.27. The van der Waals surface area contributed by atoms with Crippen LogP contribution < -0.4 is 10.6 Å². The number of aromatic nitrogens is 1. The van der Waals surface area contributed by atoms with Gasteiger partial charge in [0.05, 0.1) is 18.4 Å². The van der Waals surface area contributed by atoms with Crippen LogP contribution in [-0.2, 0) is 22.6 Å². The third kappa shape index (κ3) is 7.74. The summed E-state index contributed by atoms with van der Waals surface area (Å²) in [6.07, 6.45) is 3.42. The fourth-order valence-electron chi connectivity index (χ4n) is 4.31. The number of furan rings is 1. The molecule has 3 aromatic rings. The van der Waals surface area contributed by atoms with Crippen molar-refractivity contribution in [2.24, 2.45) is 0 Å². The molecular weight excluding hydrogens is 490 g/mol. The highest BCUT2D eigenvalue weighted by Crippen LogP contribution is 2.18. The Kier molecular flexibility index (Phi) is 9.08. The van der Waals surface area contributed by atoms with E-state index in [4.69, 9.17) is 4.42 Å². The first-order valence-electron chi connectivity index (χ1n) is 12.5. The van der Waals surface area contributed by atoms with Crippen molar-refractivity contribution in [3.63, 3.8) is 0 Å². The molecule has 0 aliphatic carbocycles. The molecule has 0 spiro atoms. The molecule has 1 aliphatic heterocycles. The maximum absolute atomic E-state index is 12.6. The molecule has 4 rings (SSSR count). The van der Waals surface area contributed by atoms with Crippen molar-refractivity contribution in [1.82, 2.24) is 20.1 Å². The van der Waals surface area contributed by atoms with E-state index in [1.807, 2.05) is 19.9 Å². The summed E-state index contributed by atoms with van der Waals surface area (Å²) < 4.78 is 5.18. The monoisotopic (exact) mass is 523 g/mol. The van der Waals surface area contributed by atoms with E-state index < -0.39 is 0 Å². The van der Waals surface area contributed by atoms with Gasteiger partial charge in [-0.05, 0) is 44.4 Å². The quantitative estimate of drug-likeness (QED) is 0.421. The van der Waals surface area contributed by atoms with Crippen LogP contribution in [-0.4, -0.2) is 64.2 Å². The van der Waals surface area contributed by atoms with Crippen molar-refractivity contribution in [1.29, 1.82) is 0 Å². The van der Waals surface area contributed by atoms with E-state index in [2.05, 4.69) is 44.8 Å². The Hall–Kier alpha value is -3.50. The molecule has 1 saturated heterocycles. The molecule has 196 valence electrons. The molecule has 2 aromatic heterocycles. The van der Waals surface area contributed by atoms with Crippen LogP contribution in [0.4, 0.5) is 5.13 Å². The Morgan fingerprint density at radius 1 is 1.11 bits per heavy atom. The van der Waals surface area contributed by atoms with Crippen LogP contribution in [0.15, 0.2) is 58.5 Å². The fourth-order valence-corrected chi connectivity index (χ4v) is 5.04. The summed E-state index contributed by atoms with van der Waals surface area (Å²) >= 11 is 1.26. The summed E-state index contributed by atoms with van der Waals surface area (Å²) in [6.45, 7) is 6.37. The molecule has 0 saturated carbocycles. The van der Waals surface area contributed by atoms with E-state index in [9.17, 15) is 14.4 Å². The second-order valence-corrected chi connectivity index (χ2v) is 10.3. The summed E-state index contributed by atoms with van der Waals surface area (Å²) in [4.78, 5) is 46.0. The van der Waals surface area contributed by atoms with Crippen molar-refractivity contribution in [2.45, 2.75) is 51.7 Å². The first-order chi connectivity index (χ1) is 17.9. The zero-order valence-corrected chi connectivity index (χ0v) is 22.0. The van der Waals surface area contributed by atoms with Crippen molar-refractivity contribution >= 4 is 34.2 Å². The first kappa shape index (κ1) is 26.6. The van der Waals surface area contributed by atoms with Gasteiger partial charge in [0.25, 0.3) is 5.91 Å². The number of amides is 3. The number of anilines is 1. The van der Waals surface area contributed by atoms with Gasteiger partial charge in [-0.1, -0.05) is 30.3 Å². The van der Waals surface area contributed by atoms with Gasteiger partial charge in [-0.2, -0.15) is 0 Å². The topological polar surface area (TPSA) is 108 Å². The van der Waals surface area contributed by atoms with Crippen molar-refractivity contribution in [3.8, 4) is 0 Å². The van der Waals surface area contributed by atoms with Crippen LogP contribution in [0.5, 0.6) is 0 Å². The Morgan fingerprint density at radius 3 is 2.54 bits per heavy atom. The SMILES string of the molecule is CC(C)N(CC(=O)Nc1nc(CC(=O)NC2CCN(Cc3ccccc3)CC2)cs1)C(=O)c1ccco1. The second-order valence-electron chi connectivity index (χ2n) is 9.48. The van der Waals surface area contributed by atoms with Gasteiger partial charge in [0.2, 0.25) is 11.8 Å². The van der Waals surface area contributed by atoms with Gasteiger partial charge >= 0.3 is 0 Å². The lowest BCUT2D eigenvalue weighted by molar-refractivity contribution is -0.121. The number of hydrogen-bond donors (Lipinski definition) is 2. The van der Waals surface area contributed by atoms with E-state index in [1.165, 1.54) is 28.1 Å². The second kappa shape index (κ2) is 12.6.